The standard InChI is InChI=1S/C12H8F4N2O2S/c13-7-2-1-6(3-11(7)17)21(19,20)18-12-5-9(15)8(14)4-10(12)16/h1-5,18H,17H2. The van der Waals surface area contributed by atoms with Crippen molar-refractivity contribution in [3.05, 3.63) is 53.6 Å². The number of sulfonamides is 1. The zero-order valence-corrected chi connectivity index (χ0v) is 11.0. The molecule has 0 amide bonds. The number of halogens is 4. The quantitative estimate of drug-likeness (QED) is 0.519. The van der Waals surface area contributed by atoms with E-state index in [0.29, 0.717) is 6.07 Å². The van der Waals surface area contributed by atoms with E-state index in [2.05, 4.69) is 0 Å². The van der Waals surface area contributed by atoms with Gasteiger partial charge in [0, 0.05) is 12.1 Å². The van der Waals surface area contributed by atoms with Crippen LogP contribution >= 0.6 is 0 Å². The predicted octanol–water partition coefficient (Wildman–Crippen LogP) is 2.63. The molecule has 21 heavy (non-hydrogen) atoms. The van der Waals surface area contributed by atoms with Crippen molar-refractivity contribution in [3.63, 3.8) is 0 Å². The molecule has 4 nitrogen and oxygen atoms in total. The SMILES string of the molecule is Nc1cc(S(=O)(=O)Nc2cc(F)c(F)cc2F)ccc1F. The Hall–Kier alpha value is -2.29. The molecule has 2 aromatic carbocycles. The molecular weight excluding hydrogens is 312 g/mol. The Balaban J connectivity index is 2.42. The van der Waals surface area contributed by atoms with E-state index in [9.17, 15) is 26.0 Å². The monoisotopic (exact) mass is 320 g/mol. The molecule has 0 aromatic heterocycles. The van der Waals surface area contributed by atoms with E-state index in [4.69, 9.17) is 5.73 Å². The maximum atomic E-state index is 13.4. The molecule has 9 heteroatoms. The second-order valence-corrected chi connectivity index (χ2v) is 5.72. The zero-order valence-electron chi connectivity index (χ0n) is 10.2. The largest absolute Gasteiger partial charge is 0.396 e. The second kappa shape index (κ2) is 5.24. The first kappa shape index (κ1) is 15.1. The Morgan fingerprint density at radius 1 is 0.857 bits per heavy atom. The van der Waals surface area contributed by atoms with E-state index in [1.54, 1.807) is 4.72 Å². The molecule has 0 fully saturated rings. The van der Waals surface area contributed by atoms with Crippen molar-refractivity contribution in [2.45, 2.75) is 4.90 Å². The van der Waals surface area contributed by atoms with Gasteiger partial charge in [0.05, 0.1) is 16.3 Å². The summed E-state index contributed by atoms with van der Waals surface area (Å²) >= 11 is 0. The summed E-state index contributed by atoms with van der Waals surface area (Å²) < 4.78 is 77.8. The van der Waals surface area contributed by atoms with E-state index in [-0.39, 0.29) is 6.07 Å². The lowest BCUT2D eigenvalue weighted by Crippen LogP contribution is -2.15. The van der Waals surface area contributed by atoms with Crippen molar-refractivity contribution >= 4 is 21.4 Å². The fourth-order valence-corrected chi connectivity index (χ4v) is 2.59. The van der Waals surface area contributed by atoms with Gasteiger partial charge in [0.1, 0.15) is 11.6 Å². The lowest BCUT2D eigenvalue weighted by atomic mass is 10.3. The first-order chi connectivity index (χ1) is 9.70. The van der Waals surface area contributed by atoms with Crippen molar-refractivity contribution in [2.24, 2.45) is 0 Å². The number of hydrogen-bond acceptors (Lipinski definition) is 3. The van der Waals surface area contributed by atoms with E-state index >= 15 is 0 Å². The number of nitrogens with two attached hydrogens (primary N) is 1. The summed E-state index contributed by atoms with van der Waals surface area (Å²) in [6.07, 6.45) is 0. The van der Waals surface area contributed by atoms with Crippen LogP contribution in [0.25, 0.3) is 0 Å². The van der Waals surface area contributed by atoms with Crippen molar-refractivity contribution in [3.8, 4) is 0 Å². The minimum Gasteiger partial charge on any atom is -0.396 e. The molecule has 2 rings (SSSR count). The smallest absolute Gasteiger partial charge is 0.262 e. The van der Waals surface area contributed by atoms with Gasteiger partial charge in [0.2, 0.25) is 0 Å². The van der Waals surface area contributed by atoms with E-state index < -0.39 is 49.6 Å². The summed E-state index contributed by atoms with van der Waals surface area (Å²) in [5.74, 6) is -5.00. The highest BCUT2D eigenvalue weighted by Gasteiger charge is 2.19. The van der Waals surface area contributed by atoms with Gasteiger partial charge in [-0.15, -0.1) is 0 Å². The van der Waals surface area contributed by atoms with Crippen molar-refractivity contribution in [1.29, 1.82) is 0 Å². The van der Waals surface area contributed by atoms with Gasteiger partial charge >= 0.3 is 0 Å². The van der Waals surface area contributed by atoms with Crippen LogP contribution in [0.4, 0.5) is 28.9 Å². The molecule has 0 atom stereocenters. The highest BCUT2D eigenvalue weighted by atomic mass is 32.2. The summed E-state index contributed by atoms with van der Waals surface area (Å²) in [6, 6.07) is 3.08. The Kier molecular flexibility index (Phi) is 3.77. The van der Waals surface area contributed by atoms with Crippen LogP contribution < -0.4 is 10.5 Å². The molecule has 0 aliphatic rings. The number of hydrogen-bond donors (Lipinski definition) is 2. The Morgan fingerprint density at radius 2 is 1.48 bits per heavy atom. The molecule has 0 spiro atoms. The fourth-order valence-electron chi connectivity index (χ4n) is 1.49. The van der Waals surface area contributed by atoms with Gasteiger partial charge in [-0.3, -0.25) is 4.72 Å². The van der Waals surface area contributed by atoms with Crippen molar-refractivity contribution in [1.82, 2.24) is 0 Å². The molecule has 3 N–H and O–H groups in total. The third-order valence-electron chi connectivity index (χ3n) is 2.53. The molecule has 2 aromatic rings. The van der Waals surface area contributed by atoms with Crippen LogP contribution in [0.2, 0.25) is 0 Å². The molecule has 0 unspecified atom stereocenters. The number of benzene rings is 2. The minimum absolute atomic E-state index is 0.201. The fraction of sp³-hybridized carbons (Fsp3) is 0. The summed E-state index contributed by atoms with van der Waals surface area (Å²) in [5, 5.41) is 0. The second-order valence-electron chi connectivity index (χ2n) is 4.03. The van der Waals surface area contributed by atoms with Crippen molar-refractivity contribution in [2.75, 3.05) is 10.5 Å². The number of nitrogens with one attached hydrogen (secondary N) is 1. The van der Waals surface area contributed by atoms with E-state index in [0.717, 1.165) is 18.2 Å². The van der Waals surface area contributed by atoms with Gasteiger partial charge in [-0.25, -0.2) is 26.0 Å². The molecule has 0 heterocycles. The van der Waals surface area contributed by atoms with Crippen LogP contribution in [-0.4, -0.2) is 8.42 Å². The van der Waals surface area contributed by atoms with Crippen LogP contribution in [0.5, 0.6) is 0 Å². The first-order valence-corrected chi connectivity index (χ1v) is 6.91. The van der Waals surface area contributed by atoms with Gasteiger partial charge in [-0.05, 0) is 18.2 Å². The van der Waals surface area contributed by atoms with Crippen LogP contribution in [0.15, 0.2) is 35.2 Å². The van der Waals surface area contributed by atoms with Crippen LogP contribution in [0.3, 0.4) is 0 Å². The number of anilines is 2. The van der Waals surface area contributed by atoms with E-state index in [1.807, 2.05) is 0 Å². The first-order valence-electron chi connectivity index (χ1n) is 5.43. The predicted molar refractivity (Wildman–Crippen MR) is 67.9 cm³/mol. The highest BCUT2D eigenvalue weighted by Crippen LogP contribution is 2.23. The molecule has 0 radical (unpaired) electrons. The average molecular weight is 320 g/mol. The van der Waals surface area contributed by atoms with Gasteiger partial charge < -0.3 is 5.73 Å². The summed E-state index contributed by atoms with van der Waals surface area (Å²) in [5.41, 5.74) is 4.03. The Labute approximate surface area is 117 Å². The van der Waals surface area contributed by atoms with Gasteiger partial charge in [0.25, 0.3) is 10.0 Å². The summed E-state index contributed by atoms with van der Waals surface area (Å²) in [6.45, 7) is 0. The molecule has 0 bridgehead atoms. The molecular formula is C12H8F4N2O2S. The molecule has 0 saturated carbocycles. The van der Waals surface area contributed by atoms with Crippen LogP contribution in [-0.2, 0) is 10.0 Å². The van der Waals surface area contributed by atoms with Crippen LogP contribution in [0.1, 0.15) is 0 Å². The Bertz CT molecular complexity index is 809. The topological polar surface area (TPSA) is 72.2 Å². The molecule has 0 saturated heterocycles. The zero-order chi connectivity index (χ0) is 15.8. The van der Waals surface area contributed by atoms with Gasteiger partial charge in [-0.2, -0.15) is 0 Å². The van der Waals surface area contributed by atoms with Crippen LogP contribution in [0, 0.1) is 23.3 Å². The van der Waals surface area contributed by atoms with Gasteiger partial charge in [-0.1, -0.05) is 0 Å². The lowest BCUT2D eigenvalue weighted by Gasteiger charge is -2.10. The van der Waals surface area contributed by atoms with E-state index in [1.165, 1.54) is 0 Å². The van der Waals surface area contributed by atoms with Gasteiger partial charge in [0.15, 0.2) is 11.6 Å². The number of rotatable bonds is 3. The van der Waals surface area contributed by atoms with Crippen molar-refractivity contribution < 1.29 is 26.0 Å². The highest BCUT2D eigenvalue weighted by molar-refractivity contribution is 7.92. The molecule has 0 aliphatic carbocycles. The average Bonchev–Trinajstić information content (AvgIpc) is 2.39. The molecule has 112 valence electrons. The third-order valence-corrected chi connectivity index (χ3v) is 3.90. The lowest BCUT2D eigenvalue weighted by molar-refractivity contribution is 0.496. The Morgan fingerprint density at radius 3 is 2.10 bits per heavy atom. The maximum Gasteiger partial charge on any atom is 0.262 e. The maximum absolute atomic E-state index is 13.4. The third kappa shape index (κ3) is 3.07. The molecule has 0 aliphatic heterocycles. The minimum atomic E-state index is -4.33. The summed E-state index contributed by atoms with van der Waals surface area (Å²) in [7, 11) is -4.33. The summed E-state index contributed by atoms with van der Waals surface area (Å²) in [4.78, 5) is -0.453. The normalized spacial score (nSPS) is 11.4. The number of nitrogen functional groups attached to an aromatic ring is 1.